The van der Waals surface area contributed by atoms with Crippen LogP contribution in [0.3, 0.4) is 0 Å². The summed E-state index contributed by atoms with van der Waals surface area (Å²) in [5.74, 6) is -4.46. The highest BCUT2D eigenvalue weighted by Gasteiger charge is 2.39. The van der Waals surface area contributed by atoms with Crippen LogP contribution in [0.4, 0.5) is 0 Å². The number of carbonyl (C=O) groups is 6. The second kappa shape index (κ2) is 23.3. The van der Waals surface area contributed by atoms with E-state index in [1.807, 2.05) is 47.8 Å². The summed E-state index contributed by atoms with van der Waals surface area (Å²) in [6.45, 7) is 0.471. The maximum absolute atomic E-state index is 14.5. The Kier molecular flexibility index (Phi) is 17.4. The number of rotatable bonds is 23. The Balaban J connectivity index is 1.38. The number of fused-ring (bicyclic) bond motifs is 1. The average Bonchev–Trinajstić information content (AvgIpc) is 4.05. The second-order valence-corrected chi connectivity index (χ2v) is 16.3. The summed E-state index contributed by atoms with van der Waals surface area (Å²) in [5, 5.41) is 23.7. The quantitative estimate of drug-likeness (QED) is 0.0276. The first kappa shape index (κ1) is 47.1. The summed E-state index contributed by atoms with van der Waals surface area (Å²) >= 11 is 1.42. The molecule has 3 heterocycles. The first-order valence-corrected chi connectivity index (χ1v) is 21.6. The van der Waals surface area contributed by atoms with E-state index in [1.54, 1.807) is 30.5 Å². The number of aliphatic carboxylic acids is 1. The number of thiophene rings is 1. The molecule has 63 heavy (non-hydrogen) atoms. The number of benzene rings is 2. The molecule has 0 spiro atoms. The number of para-hydroxylation sites is 1. The zero-order chi connectivity index (χ0) is 45.3. The predicted molar refractivity (Wildman–Crippen MR) is 240 cm³/mol. The van der Waals surface area contributed by atoms with E-state index in [0.717, 1.165) is 21.3 Å². The predicted octanol–water partition coefficient (Wildman–Crippen LogP) is 0.379. The Hall–Kier alpha value is -6.96. The number of nitrogens with two attached hydrogens (primary N) is 4. The molecule has 5 amide bonds. The molecule has 0 bridgehead atoms. The third-order valence-electron chi connectivity index (χ3n) is 10.5. The smallest absolute Gasteiger partial charge is 0.326 e. The van der Waals surface area contributed by atoms with Gasteiger partial charge in [0.15, 0.2) is 11.9 Å². The van der Waals surface area contributed by atoms with Gasteiger partial charge in [-0.3, -0.25) is 34.0 Å². The van der Waals surface area contributed by atoms with Crippen LogP contribution in [0.5, 0.6) is 0 Å². The number of H-pyrrole nitrogens is 1. The fourth-order valence-corrected chi connectivity index (χ4v) is 8.15. The van der Waals surface area contributed by atoms with Gasteiger partial charge in [0.2, 0.25) is 29.5 Å². The molecule has 19 nitrogen and oxygen atoms in total. The zero-order valence-electron chi connectivity index (χ0n) is 34.8. The van der Waals surface area contributed by atoms with Gasteiger partial charge in [-0.1, -0.05) is 54.6 Å². The van der Waals surface area contributed by atoms with Gasteiger partial charge in [0.25, 0.3) is 0 Å². The molecule has 0 radical (unpaired) electrons. The Bertz CT molecular complexity index is 2240. The molecule has 0 unspecified atom stereocenters. The molecule has 20 heteroatoms. The minimum Gasteiger partial charge on any atom is -0.480 e. The number of aliphatic imine (C=N–C) groups is 2. The third kappa shape index (κ3) is 14.3. The van der Waals surface area contributed by atoms with Gasteiger partial charge in [0, 0.05) is 54.5 Å². The van der Waals surface area contributed by atoms with E-state index in [-0.39, 0.29) is 88.8 Å². The van der Waals surface area contributed by atoms with Crippen LogP contribution in [0.15, 0.2) is 88.3 Å². The minimum absolute atomic E-state index is 0.0325. The van der Waals surface area contributed by atoms with Gasteiger partial charge in [-0.25, -0.2) is 4.79 Å². The Morgan fingerprint density at radius 1 is 0.762 bits per heavy atom. The molecule has 4 aromatic rings. The van der Waals surface area contributed by atoms with Crippen LogP contribution in [0.25, 0.3) is 10.9 Å². The number of nitrogens with zero attached hydrogens (tertiary/aromatic N) is 3. The van der Waals surface area contributed by atoms with Crippen molar-refractivity contribution in [2.75, 3.05) is 19.6 Å². The highest BCUT2D eigenvalue weighted by Crippen LogP contribution is 2.22. The van der Waals surface area contributed by atoms with Gasteiger partial charge in [-0.05, 0) is 67.2 Å². The molecule has 1 aliphatic rings. The summed E-state index contributed by atoms with van der Waals surface area (Å²) in [6.07, 6.45) is 3.32. The van der Waals surface area contributed by atoms with Crippen LogP contribution in [0.2, 0.25) is 0 Å². The van der Waals surface area contributed by atoms with Crippen molar-refractivity contribution in [1.29, 1.82) is 0 Å². The Labute approximate surface area is 368 Å². The highest BCUT2D eigenvalue weighted by molar-refractivity contribution is 7.10. The van der Waals surface area contributed by atoms with Crippen LogP contribution in [0.1, 0.15) is 54.5 Å². The van der Waals surface area contributed by atoms with Crippen molar-refractivity contribution < 1.29 is 33.9 Å². The van der Waals surface area contributed by atoms with Crippen molar-refractivity contribution in [3.05, 3.63) is 94.3 Å². The maximum Gasteiger partial charge on any atom is 0.326 e. The topological polar surface area (TPSA) is 319 Å². The number of amides is 5. The van der Waals surface area contributed by atoms with Crippen LogP contribution < -0.4 is 44.2 Å². The summed E-state index contributed by atoms with van der Waals surface area (Å²) in [5.41, 5.74) is 24.2. The number of carbonyl (C=O) groups excluding carboxylic acids is 5. The molecular formula is C43H56N12O7S. The lowest BCUT2D eigenvalue weighted by molar-refractivity contribution is -0.145. The zero-order valence-corrected chi connectivity index (χ0v) is 35.7. The first-order valence-electron chi connectivity index (χ1n) is 20.7. The number of aromatic amines is 1. The van der Waals surface area contributed by atoms with Gasteiger partial charge < -0.3 is 59.2 Å². The van der Waals surface area contributed by atoms with Gasteiger partial charge >= 0.3 is 5.97 Å². The molecule has 5 atom stereocenters. The standard InChI is InChI=1S/C43H56N12O7S/c44-42(45)48-18-6-15-31(40(60)55-20-8-17-35(55)39(59)53-32(41(61)62)16-7-19-49-43(46)47)52-37(57)33(22-26-10-2-1-3-11-26)54-38(58)34(51-36(56)24-28-12-9-21-63-28)23-27-25-50-30-14-5-4-13-29(27)30/h1-5,9-14,21,25,31-35,50H,6-8,15-20,22-24H2,(H,51,56)(H,52,57)(H,53,59)(H,54,58)(H,61,62)(H4,44,45,48)(H4,46,47,49)/t31-,32-,33-,34-,35-/m0/s1. The molecule has 336 valence electrons. The van der Waals surface area contributed by atoms with E-state index in [1.165, 1.54) is 16.2 Å². The third-order valence-corrected chi connectivity index (χ3v) is 11.4. The summed E-state index contributed by atoms with van der Waals surface area (Å²) in [6, 6.07) is 14.5. The van der Waals surface area contributed by atoms with Crippen molar-refractivity contribution >= 4 is 69.7 Å². The molecule has 2 aromatic carbocycles. The molecule has 0 aliphatic carbocycles. The fourth-order valence-electron chi connectivity index (χ4n) is 7.44. The van der Waals surface area contributed by atoms with Crippen molar-refractivity contribution in [1.82, 2.24) is 31.2 Å². The summed E-state index contributed by atoms with van der Waals surface area (Å²) in [4.78, 5) is 95.6. The molecule has 5 rings (SSSR count). The Morgan fingerprint density at radius 2 is 1.40 bits per heavy atom. The monoisotopic (exact) mass is 884 g/mol. The van der Waals surface area contributed by atoms with E-state index in [4.69, 9.17) is 22.9 Å². The lowest BCUT2D eigenvalue weighted by Gasteiger charge is -2.30. The van der Waals surface area contributed by atoms with E-state index in [2.05, 4.69) is 36.2 Å². The highest BCUT2D eigenvalue weighted by atomic mass is 32.1. The minimum atomic E-state index is -1.26. The molecule has 1 aliphatic heterocycles. The molecule has 14 N–H and O–H groups in total. The van der Waals surface area contributed by atoms with Crippen molar-refractivity contribution in [3.8, 4) is 0 Å². The number of aromatic nitrogens is 1. The number of likely N-dealkylation sites (tertiary alicyclic amines) is 1. The number of carboxylic acids is 1. The largest absolute Gasteiger partial charge is 0.480 e. The number of guanidine groups is 2. The van der Waals surface area contributed by atoms with E-state index < -0.39 is 59.8 Å². The molecule has 1 saturated heterocycles. The van der Waals surface area contributed by atoms with Crippen LogP contribution in [-0.2, 0) is 48.0 Å². The Morgan fingerprint density at radius 3 is 2.05 bits per heavy atom. The van der Waals surface area contributed by atoms with Crippen LogP contribution in [0, 0.1) is 0 Å². The average molecular weight is 885 g/mol. The van der Waals surface area contributed by atoms with E-state index in [0.29, 0.717) is 12.0 Å². The molecule has 0 saturated carbocycles. The van der Waals surface area contributed by atoms with Crippen molar-refractivity contribution in [2.24, 2.45) is 32.9 Å². The van der Waals surface area contributed by atoms with Crippen LogP contribution >= 0.6 is 11.3 Å². The van der Waals surface area contributed by atoms with Gasteiger partial charge in [0.05, 0.1) is 6.42 Å². The molecular weight excluding hydrogens is 829 g/mol. The number of carboxylic acid groups (broad SMARTS) is 1. The number of hydrogen-bond donors (Lipinski definition) is 10. The van der Waals surface area contributed by atoms with Crippen molar-refractivity contribution in [2.45, 2.75) is 88.0 Å². The molecule has 2 aromatic heterocycles. The van der Waals surface area contributed by atoms with E-state index >= 15 is 0 Å². The second-order valence-electron chi connectivity index (χ2n) is 15.2. The van der Waals surface area contributed by atoms with Gasteiger partial charge in [-0.15, -0.1) is 11.3 Å². The normalized spacial score (nSPS) is 15.3. The van der Waals surface area contributed by atoms with E-state index in [9.17, 15) is 33.9 Å². The van der Waals surface area contributed by atoms with Crippen LogP contribution in [-0.4, -0.2) is 112 Å². The maximum atomic E-state index is 14.5. The van der Waals surface area contributed by atoms with Gasteiger partial charge in [0.1, 0.15) is 30.2 Å². The van der Waals surface area contributed by atoms with Crippen molar-refractivity contribution in [3.63, 3.8) is 0 Å². The fraction of sp³-hybridized carbons (Fsp3) is 0.395. The number of nitrogens with one attached hydrogen (secondary N) is 5. The SMILES string of the molecule is NC(N)=NCCC[C@H](NC(=O)[C@@H]1CCCN1C(=O)[C@H](CCCN=C(N)N)NC(=O)[C@H](Cc1ccccc1)NC(=O)[C@H](Cc1c[nH]c2ccccc12)NC(=O)Cc1cccs1)C(=O)O. The summed E-state index contributed by atoms with van der Waals surface area (Å²) in [7, 11) is 0. The lowest BCUT2D eigenvalue weighted by atomic mass is 10.0. The summed E-state index contributed by atoms with van der Waals surface area (Å²) < 4.78 is 0. The lowest BCUT2D eigenvalue weighted by Crippen LogP contribution is -2.59. The van der Waals surface area contributed by atoms with Gasteiger partial charge in [-0.2, -0.15) is 0 Å². The first-order chi connectivity index (χ1) is 30.3. The molecule has 1 fully saturated rings. The number of hydrogen-bond acceptors (Lipinski definition) is 9.